The van der Waals surface area contributed by atoms with E-state index in [9.17, 15) is 14.4 Å². The number of nitrogens with one attached hydrogen (secondary N) is 3. The second-order valence-electron chi connectivity index (χ2n) is 8.95. The van der Waals surface area contributed by atoms with Gasteiger partial charge < -0.3 is 16.0 Å². The van der Waals surface area contributed by atoms with E-state index in [1.54, 1.807) is 73.1 Å². The first-order valence-corrected chi connectivity index (χ1v) is 13.8. The molecule has 4 rings (SSSR count). The van der Waals surface area contributed by atoms with Crippen molar-refractivity contribution in [2.75, 3.05) is 16.4 Å². The fourth-order valence-corrected chi connectivity index (χ4v) is 4.71. The molecule has 1 aromatic heterocycles. The van der Waals surface area contributed by atoms with Gasteiger partial charge in [-0.2, -0.15) is 0 Å². The molecule has 0 aliphatic heterocycles. The summed E-state index contributed by atoms with van der Waals surface area (Å²) in [7, 11) is 0. The number of nitrogens with zero attached hydrogens (tertiary/aromatic N) is 1. The molecule has 4 aromatic rings. The van der Waals surface area contributed by atoms with Gasteiger partial charge in [-0.1, -0.05) is 55.5 Å². The highest BCUT2D eigenvalue weighted by Crippen LogP contribution is 2.24. The van der Waals surface area contributed by atoms with E-state index in [1.165, 1.54) is 11.8 Å². The number of benzene rings is 3. The Morgan fingerprint density at radius 3 is 2.45 bits per heavy atom. The van der Waals surface area contributed by atoms with E-state index in [0.29, 0.717) is 16.8 Å². The SMILES string of the molecule is CCc1cccc(C)c1NC(=O)CSc1cccc(NC(=O)/C(=C/c2cccnc2)NC(=O)c2ccccc2)c1. The molecule has 0 fully saturated rings. The summed E-state index contributed by atoms with van der Waals surface area (Å²) in [6.45, 7) is 4.04. The van der Waals surface area contributed by atoms with E-state index in [4.69, 9.17) is 0 Å². The number of rotatable bonds is 10. The third-order valence-electron chi connectivity index (χ3n) is 5.99. The average Bonchev–Trinajstić information content (AvgIpc) is 2.98. The fraction of sp³-hybridized carbons (Fsp3) is 0.125. The Balaban J connectivity index is 1.44. The molecule has 0 aliphatic carbocycles. The predicted octanol–water partition coefficient (Wildman–Crippen LogP) is 6.09. The molecule has 0 aliphatic rings. The summed E-state index contributed by atoms with van der Waals surface area (Å²) in [5.41, 5.74) is 4.69. The summed E-state index contributed by atoms with van der Waals surface area (Å²) in [6.07, 6.45) is 5.63. The molecule has 0 saturated carbocycles. The average molecular weight is 551 g/mol. The van der Waals surface area contributed by atoms with Crippen LogP contribution in [0.3, 0.4) is 0 Å². The van der Waals surface area contributed by atoms with Crippen LogP contribution in [0, 0.1) is 6.92 Å². The highest BCUT2D eigenvalue weighted by Gasteiger charge is 2.16. The van der Waals surface area contributed by atoms with Crippen molar-refractivity contribution in [2.24, 2.45) is 0 Å². The summed E-state index contributed by atoms with van der Waals surface area (Å²) in [5.74, 6) is -0.775. The van der Waals surface area contributed by atoms with Crippen molar-refractivity contribution in [2.45, 2.75) is 25.2 Å². The fourth-order valence-electron chi connectivity index (χ4n) is 3.96. The maximum Gasteiger partial charge on any atom is 0.272 e. The largest absolute Gasteiger partial charge is 0.325 e. The van der Waals surface area contributed by atoms with Crippen LogP contribution in [0.2, 0.25) is 0 Å². The molecule has 0 unspecified atom stereocenters. The summed E-state index contributed by atoms with van der Waals surface area (Å²) < 4.78 is 0. The highest BCUT2D eigenvalue weighted by molar-refractivity contribution is 8.00. The molecule has 3 amide bonds. The lowest BCUT2D eigenvalue weighted by molar-refractivity contribution is -0.114. The number of para-hydroxylation sites is 1. The highest BCUT2D eigenvalue weighted by atomic mass is 32.2. The van der Waals surface area contributed by atoms with Crippen LogP contribution < -0.4 is 16.0 Å². The lowest BCUT2D eigenvalue weighted by Gasteiger charge is -2.13. The van der Waals surface area contributed by atoms with Crippen molar-refractivity contribution in [3.05, 3.63) is 125 Å². The third-order valence-corrected chi connectivity index (χ3v) is 6.98. The number of amides is 3. The number of aryl methyl sites for hydroxylation is 2. The standard InChI is InChI=1S/C32H30N4O3S/c1-3-24-14-7-10-22(2)30(24)36-29(37)21-40-27-16-8-15-26(19-27)34-32(39)28(18-23-11-9-17-33-20-23)35-31(38)25-12-5-4-6-13-25/h4-20H,3,21H2,1-2H3,(H,34,39)(H,35,38)(H,36,37)/b28-18-. The Bertz CT molecular complexity index is 1520. The van der Waals surface area contributed by atoms with E-state index in [2.05, 4.69) is 27.9 Å². The zero-order chi connectivity index (χ0) is 28.3. The molecule has 40 heavy (non-hydrogen) atoms. The van der Waals surface area contributed by atoms with Crippen LogP contribution in [0.25, 0.3) is 6.08 Å². The van der Waals surface area contributed by atoms with Crippen molar-refractivity contribution in [1.82, 2.24) is 10.3 Å². The Labute approximate surface area is 238 Å². The van der Waals surface area contributed by atoms with E-state index < -0.39 is 11.8 Å². The molecule has 0 bridgehead atoms. The number of thioether (sulfide) groups is 1. The summed E-state index contributed by atoms with van der Waals surface area (Å²) in [6, 6.07) is 25.4. The minimum atomic E-state index is -0.486. The van der Waals surface area contributed by atoms with Gasteiger partial charge in [0.1, 0.15) is 5.70 Å². The van der Waals surface area contributed by atoms with Crippen molar-refractivity contribution < 1.29 is 14.4 Å². The van der Waals surface area contributed by atoms with Crippen molar-refractivity contribution in [3.8, 4) is 0 Å². The third kappa shape index (κ3) is 7.91. The topological polar surface area (TPSA) is 100 Å². The molecule has 3 N–H and O–H groups in total. The molecule has 3 aromatic carbocycles. The van der Waals surface area contributed by atoms with E-state index in [1.807, 2.05) is 37.3 Å². The van der Waals surface area contributed by atoms with Crippen molar-refractivity contribution in [3.63, 3.8) is 0 Å². The monoisotopic (exact) mass is 550 g/mol. The first-order valence-electron chi connectivity index (χ1n) is 12.8. The number of pyridine rings is 1. The van der Waals surface area contributed by atoms with Crippen LogP contribution in [0.5, 0.6) is 0 Å². The molecular weight excluding hydrogens is 520 g/mol. The molecular formula is C32H30N4O3S. The maximum absolute atomic E-state index is 13.3. The van der Waals surface area contributed by atoms with Crippen molar-refractivity contribution >= 4 is 46.9 Å². The zero-order valence-electron chi connectivity index (χ0n) is 22.3. The minimum Gasteiger partial charge on any atom is -0.325 e. The lowest BCUT2D eigenvalue weighted by Crippen LogP contribution is -2.30. The molecule has 0 saturated heterocycles. The van der Waals surface area contributed by atoms with Gasteiger partial charge in [0, 0.05) is 34.2 Å². The molecule has 202 valence electrons. The second-order valence-corrected chi connectivity index (χ2v) is 9.99. The second kappa shape index (κ2) is 13.9. The van der Waals surface area contributed by atoms with Gasteiger partial charge in [0.25, 0.3) is 11.8 Å². The van der Waals surface area contributed by atoms with Gasteiger partial charge in [-0.15, -0.1) is 11.8 Å². The van der Waals surface area contributed by atoms with E-state index >= 15 is 0 Å². The van der Waals surface area contributed by atoms with Gasteiger partial charge in [-0.25, -0.2) is 0 Å². The quantitative estimate of drug-likeness (QED) is 0.164. The van der Waals surface area contributed by atoms with Crippen LogP contribution in [0.4, 0.5) is 11.4 Å². The van der Waals surface area contributed by atoms with Gasteiger partial charge in [0.2, 0.25) is 5.91 Å². The molecule has 1 heterocycles. The van der Waals surface area contributed by atoms with Crippen LogP contribution >= 0.6 is 11.8 Å². The summed E-state index contributed by atoms with van der Waals surface area (Å²) >= 11 is 1.37. The van der Waals surface area contributed by atoms with Gasteiger partial charge in [0.05, 0.1) is 5.75 Å². The molecule has 7 nitrogen and oxygen atoms in total. The summed E-state index contributed by atoms with van der Waals surface area (Å²) in [4.78, 5) is 43.7. The van der Waals surface area contributed by atoms with Gasteiger partial charge in [-0.3, -0.25) is 19.4 Å². The van der Waals surface area contributed by atoms with Gasteiger partial charge in [0.15, 0.2) is 0 Å². The number of hydrogen-bond acceptors (Lipinski definition) is 5. The first kappa shape index (κ1) is 28.3. The maximum atomic E-state index is 13.3. The number of anilines is 2. The zero-order valence-corrected chi connectivity index (χ0v) is 23.1. The number of aromatic nitrogens is 1. The number of carbonyl (C=O) groups excluding carboxylic acids is 3. The first-order chi connectivity index (χ1) is 19.4. The Kier molecular flexibility index (Phi) is 9.85. The van der Waals surface area contributed by atoms with Crippen LogP contribution in [-0.4, -0.2) is 28.5 Å². The summed E-state index contributed by atoms with van der Waals surface area (Å²) in [5, 5.41) is 8.61. The normalized spacial score (nSPS) is 11.0. The van der Waals surface area contributed by atoms with E-state index in [-0.39, 0.29) is 17.4 Å². The Morgan fingerprint density at radius 1 is 0.900 bits per heavy atom. The number of carbonyl (C=O) groups is 3. The van der Waals surface area contributed by atoms with Crippen LogP contribution in [0.15, 0.2) is 108 Å². The molecule has 0 spiro atoms. The smallest absolute Gasteiger partial charge is 0.272 e. The van der Waals surface area contributed by atoms with Gasteiger partial charge >= 0.3 is 0 Å². The molecule has 0 radical (unpaired) electrons. The molecule has 8 heteroatoms. The predicted molar refractivity (Wildman–Crippen MR) is 161 cm³/mol. The number of hydrogen-bond donors (Lipinski definition) is 3. The van der Waals surface area contributed by atoms with Gasteiger partial charge in [-0.05, 0) is 72.5 Å². The molecule has 0 atom stereocenters. The van der Waals surface area contributed by atoms with Crippen LogP contribution in [-0.2, 0) is 16.0 Å². The van der Waals surface area contributed by atoms with E-state index in [0.717, 1.165) is 28.1 Å². The Hall–Kier alpha value is -4.69. The lowest BCUT2D eigenvalue weighted by atomic mass is 10.1. The van der Waals surface area contributed by atoms with Crippen LogP contribution in [0.1, 0.15) is 34.0 Å². The minimum absolute atomic E-state index is 0.0734. The Morgan fingerprint density at radius 2 is 1.70 bits per heavy atom. The van der Waals surface area contributed by atoms with Crippen molar-refractivity contribution in [1.29, 1.82) is 0 Å².